The number of hydrogen-bond acceptors (Lipinski definition) is 4. The molecule has 0 spiro atoms. The van der Waals surface area contributed by atoms with E-state index in [4.69, 9.17) is 4.74 Å². The second-order valence-corrected chi connectivity index (χ2v) is 7.15. The first kappa shape index (κ1) is 18.1. The van der Waals surface area contributed by atoms with Gasteiger partial charge >= 0.3 is 0 Å². The van der Waals surface area contributed by atoms with Crippen LogP contribution in [0.1, 0.15) is 31.5 Å². The Morgan fingerprint density at radius 1 is 1.12 bits per heavy atom. The first-order chi connectivity index (χ1) is 12.7. The molecule has 0 unspecified atom stereocenters. The van der Waals surface area contributed by atoms with Gasteiger partial charge in [-0.1, -0.05) is 42.5 Å². The number of thiazole rings is 1. The van der Waals surface area contributed by atoms with E-state index in [1.165, 1.54) is 10.4 Å². The third kappa shape index (κ3) is 4.49. The van der Waals surface area contributed by atoms with Crippen LogP contribution >= 0.6 is 11.3 Å². The largest absolute Gasteiger partial charge is 0.496 e. The van der Waals surface area contributed by atoms with Crippen LogP contribution in [0.25, 0.3) is 0 Å². The molecule has 5 heteroatoms. The van der Waals surface area contributed by atoms with Crippen molar-refractivity contribution < 1.29 is 9.53 Å². The summed E-state index contributed by atoms with van der Waals surface area (Å²) in [6.07, 6.45) is 1.62. The predicted molar refractivity (Wildman–Crippen MR) is 105 cm³/mol. The maximum Gasteiger partial charge on any atom is 0.255 e. The Morgan fingerprint density at radius 2 is 1.85 bits per heavy atom. The molecule has 1 aromatic heterocycles. The van der Waals surface area contributed by atoms with Crippen LogP contribution in [0.15, 0.2) is 54.6 Å². The van der Waals surface area contributed by atoms with E-state index in [9.17, 15) is 4.79 Å². The fraction of sp³-hybridized carbons (Fsp3) is 0.238. The highest BCUT2D eigenvalue weighted by atomic mass is 32.1. The summed E-state index contributed by atoms with van der Waals surface area (Å²) in [6.45, 7) is 2.60. The lowest BCUT2D eigenvalue weighted by Gasteiger charge is -2.08. The second kappa shape index (κ2) is 8.63. The fourth-order valence-corrected chi connectivity index (χ4v) is 3.85. The molecule has 0 atom stereocenters. The molecule has 2 aromatic carbocycles. The third-order valence-corrected chi connectivity index (χ3v) is 5.34. The molecule has 0 aliphatic carbocycles. The van der Waals surface area contributed by atoms with Crippen LogP contribution in [0.3, 0.4) is 0 Å². The first-order valence-corrected chi connectivity index (χ1v) is 9.39. The smallest absolute Gasteiger partial charge is 0.255 e. The second-order valence-electron chi connectivity index (χ2n) is 5.98. The minimum absolute atomic E-state index is 0.125. The van der Waals surface area contributed by atoms with E-state index in [-0.39, 0.29) is 5.91 Å². The summed E-state index contributed by atoms with van der Waals surface area (Å²) < 4.78 is 5.24. The highest BCUT2D eigenvalue weighted by Gasteiger charge is 2.12. The molecule has 0 radical (unpaired) electrons. The van der Waals surface area contributed by atoms with Gasteiger partial charge in [-0.25, -0.2) is 4.98 Å². The van der Waals surface area contributed by atoms with Crippen molar-refractivity contribution in [3.63, 3.8) is 0 Å². The quantitative estimate of drug-likeness (QED) is 0.687. The van der Waals surface area contributed by atoms with Gasteiger partial charge in [-0.15, -0.1) is 11.3 Å². The van der Waals surface area contributed by atoms with Crippen LogP contribution in [0, 0.1) is 6.92 Å². The van der Waals surface area contributed by atoms with Gasteiger partial charge < -0.3 is 10.1 Å². The molecule has 0 saturated carbocycles. The van der Waals surface area contributed by atoms with Crippen molar-refractivity contribution >= 4 is 17.2 Å². The van der Waals surface area contributed by atoms with Crippen molar-refractivity contribution in [1.82, 2.24) is 10.3 Å². The molecule has 0 fully saturated rings. The van der Waals surface area contributed by atoms with E-state index in [1.807, 2.05) is 25.1 Å². The van der Waals surface area contributed by atoms with Crippen molar-refractivity contribution in [2.75, 3.05) is 13.7 Å². The zero-order valence-electron chi connectivity index (χ0n) is 15.0. The standard InChI is InChI=1S/C21H22N2O2S/c1-15-19(14-16-8-4-3-5-9-16)26-20(23-15)12-13-22-21(24)17-10-6-7-11-18(17)25-2/h3-11H,12-14H2,1-2H3,(H,22,24). The minimum atomic E-state index is -0.125. The molecule has 1 amide bonds. The summed E-state index contributed by atoms with van der Waals surface area (Å²) in [4.78, 5) is 18.3. The van der Waals surface area contributed by atoms with Crippen LogP contribution in [-0.2, 0) is 12.8 Å². The molecular formula is C21H22N2O2S. The molecule has 134 valence electrons. The number of benzene rings is 2. The zero-order valence-corrected chi connectivity index (χ0v) is 15.8. The van der Waals surface area contributed by atoms with E-state index in [0.717, 1.165) is 23.5 Å². The maximum absolute atomic E-state index is 12.3. The van der Waals surface area contributed by atoms with Gasteiger partial charge in [-0.2, -0.15) is 0 Å². The molecule has 0 bridgehead atoms. The van der Waals surface area contributed by atoms with Crippen molar-refractivity contribution in [2.24, 2.45) is 0 Å². The lowest BCUT2D eigenvalue weighted by molar-refractivity contribution is 0.0951. The Balaban J connectivity index is 1.57. The molecule has 26 heavy (non-hydrogen) atoms. The molecule has 0 aliphatic heterocycles. The summed E-state index contributed by atoms with van der Waals surface area (Å²) in [6, 6.07) is 17.6. The van der Waals surface area contributed by atoms with E-state index in [2.05, 4.69) is 34.6 Å². The Morgan fingerprint density at radius 3 is 2.62 bits per heavy atom. The summed E-state index contributed by atoms with van der Waals surface area (Å²) in [5.41, 5.74) is 2.91. The van der Waals surface area contributed by atoms with Crippen LogP contribution in [0.5, 0.6) is 5.75 Å². The lowest BCUT2D eigenvalue weighted by atomic mass is 10.1. The number of nitrogens with zero attached hydrogens (tertiary/aromatic N) is 1. The summed E-state index contributed by atoms with van der Waals surface area (Å²) in [5, 5.41) is 4.00. The van der Waals surface area contributed by atoms with Gasteiger partial charge in [-0.05, 0) is 24.6 Å². The van der Waals surface area contributed by atoms with Gasteiger partial charge in [-0.3, -0.25) is 4.79 Å². The fourth-order valence-electron chi connectivity index (χ4n) is 2.75. The van der Waals surface area contributed by atoms with Crippen molar-refractivity contribution in [1.29, 1.82) is 0 Å². The van der Waals surface area contributed by atoms with E-state index >= 15 is 0 Å². The molecule has 3 rings (SSSR count). The number of aryl methyl sites for hydroxylation is 1. The van der Waals surface area contributed by atoms with Crippen LogP contribution in [-0.4, -0.2) is 24.5 Å². The van der Waals surface area contributed by atoms with Crippen LogP contribution in [0.4, 0.5) is 0 Å². The molecule has 0 aliphatic rings. The van der Waals surface area contributed by atoms with Crippen molar-refractivity contribution in [3.8, 4) is 5.75 Å². The number of para-hydroxylation sites is 1. The molecule has 3 aromatic rings. The average Bonchev–Trinajstić information content (AvgIpc) is 3.01. The van der Waals surface area contributed by atoms with Crippen molar-refractivity contribution in [3.05, 3.63) is 81.3 Å². The first-order valence-electron chi connectivity index (χ1n) is 8.57. The van der Waals surface area contributed by atoms with Crippen molar-refractivity contribution in [2.45, 2.75) is 19.8 Å². The number of amides is 1. The molecule has 0 saturated heterocycles. The molecular weight excluding hydrogens is 344 g/mol. The van der Waals surface area contributed by atoms with Crippen LogP contribution < -0.4 is 10.1 Å². The third-order valence-electron chi connectivity index (χ3n) is 4.12. The van der Waals surface area contributed by atoms with E-state index in [0.29, 0.717) is 17.9 Å². The number of nitrogens with one attached hydrogen (secondary N) is 1. The Hall–Kier alpha value is -2.66. The molecule has 1 heterocycles. The summed E-state index contributed by atoms with van der Waals surface area (Å²) >= 11 is 1.72. The Kier molecular flexibility index (Phi) is 6.02. The van der Waals surface area contributed by atoms with Gasteiger partial charge in [0.1, 0.15) is 5.75 Å². The summed E-state index contributed by atoms with van der Waals surface area (Å²) in [7, 11) is 1.57. The number of carbonyl (C=O) groups is 1. The van der Waals surface area contributed by atoms with Gasteiger partial charge in [0.2, 0.25) is 0 Å². The van der Waals surface area contributed by atoms with Gasteiger partial charge in [0.05, 0.1) is 23.4 Å². The number of hydrogen-bond donors (Lipinski definition) is 1. The van der Waals surface area contributed by atoms with Gasteiger partial charge in [0, 0.05) is 24.3 Å². The van der Waals surface area contributed by atoms with Gasteiger partial charge in [0.15, 0.2) is 0 Å². The minimum Gasteiger partial charge on any atom is -0.496 e. The maximum atomic E-state index is 12.3. The number of rotatable bonds is 7. The lowest BCUT2D eigenvalue weighted by Crippen LogP contribution is -2.26. The summed E-state index contributed by atoms with van der Waals surface area (Å²) in [5.74, 6) is 0.459. The van der Waals surface area contributed by atoms with Gasteiger partial charge in [0.25, 0.3) is 5.91 Å². The predicted octanol–water partition coefficient (Wildman–Crippen LogP) is 4.02. The van der Waals surface area contributed by atoms with E-state index < -0.39 is 0 Å². The zero-order chi connectivity index (χ0) is 18.4. The Labute approximate surface area is 157 Å². The number of aromatic nitrogens is 1. The van der Waals surface area contributed by atoms with E-state index in [1.54, 1.807) is 30.6 Å². The normalized spacial score (nSPS) is 10.5. The number of carbonyl (C=O) groups excluding carboxylic acids is 1. The highest BCUT2D eigenvalue weighted by Crippen LogP contribution is 2.22. The van der Waals surface area contributed by atoms with Crippen LogP contribution in [0.2, 0.25) is 0 Å². The topological polar surface area (TPSA) is 51.2 Å². The molecule has 1 N–H and O–H groups in total. The number of methoxy groups -OCH3 is 1. The highest BCUT2D eigenvalue weighted by molar-refractivity contribution is 7.11. The SMILES string of the molecule is COc1ccccc1C(=O)NCCc1nc(C)c(Cc2ccccc2)s1. The molecule has 4 nitrogen and oxygen atoms in total. The number of ether oxygens (including phenoxy) is 1. The Bertz CT molecular complexity index is 875. The monoisotopic (exact) mass is 366 g/mol. The average molecular weight is 366 g/mol.